The molecular formula is C10H9F2NO. The lowest BCUT2D eigenvalue weighted by atomic mass is 9.79. The quantitative estimate of drug-likeness (QED) is 0.681. The van der Waals surface area contributed by atoms with Gasteiger partial charge >= 0.3 is 0 Å². The van der Waals surface area contributed by atoms with Gasteiger partial charge in [0.05, 0.1) is 0 Å². The van der Waals surface area contributed by atoms with Crippen LogP contribution in [0.2, 0.25) is 0 Å². The van der Waals surface area contributed by atoms with E-state index in [0.29, 0.717) is 17.5 Å². The summed E-state index contributed by atoms with van der Waals surface area (Å²) in [6, 6.07) is 3.25. The van der Waals surface area contributed by atoms with Crippen molar-refractivity contribution in [3.05, 3.63) is 29.6 Å². The number of hydrogen-bond donors (Lipinski definition) is 0. The first-order chi connectivity index (χ1) is 6.61. The average molecular weight is 197 g/mol. The molecule has 0 bridgehead atoms. The molecule has 1 aromatic rings. The third kappa shape index (κ3) is 1.64. The molecule has 1 saturated carbocycles. The number of hydrogen-bond acceptors (Lipinski definition) is 2. The minimum Gasteiger partial charge on any atom is -0.298 e. The smallest absolute Gasteiger partial charge is 0.249 e. The van der Waals surface area contributed by atoms with Gasteiger partial charge in [0.25, 0.3) is 0 Å². The minimum atomic E-state index is -2.52. The van der Waals surface area contributed by atoms with Crippen LogP contribution in [0.4, 0.5) is 8.78 Å². The SMILES string of the molecule is O=Cc1ccc(C2CC(F)(F)C2)nc1. The van der Waals surface area contributed by atoms with E-state index in [2.05, 4.69) is 4.98 Å². The summed E-state index contributed by atoms with van der Waals surface area (Å²) < 4.78 is 25.1. The summed E-state index contributed by atoms with van der Waals surface area (Å²) in [4.78, 5) is 14.3. The predicted octanol–water partition coefficient (Wildman–Crippen LogP) is 2.41. The molecule has 2 rings (SSSR count). The standard InChI is InChI=1S/C10H9F2NO/c11-10(12)3-8(4-10)9-2-1-7(6-14)5-13-9/h1-2,5-6,8H,3-4H2. The van der Waals surface area contributed by atoms with E-state index in [1.54, 1.807) is 12.1 Å². The predicted molar refractivity (Wildman–Crippen MR) is 46.5 cm³/mol. The zero-order chi connectivity index (χ0) is 10.2. The van der Waals surface area contributed by atoms with Crippen LogP contribution in [0.25, 0.3) is 0 Å². The van der Waals surface area contributed by atoms with Gasteiger partial charge in [-0.3, -0.25) is 9.78 Å². The van der Waals surface area contributed by atoms with Crippen LogP contribution >= 0.6 is 0 Å². The Morgan fingerprint density at radius 1 is 1.43 bits per heavy atom. The molecule has 0 aliphatic heterocycles. The molecule has 0 atom stereocenters. The van der Waals surface area contributed by atoms with Crippen LogP contribution in [-0.2, 0) is 0 Å². The summed E-state index contributed by atoms with van der Waals surface area (Å²) in [5.41, 5.74) is 1.13. The molecule has 14 heavy (non-hydrogen) atoms. The zero-order valence-corrected chi connectivity index (χ0v) is 7.41. The van der Waals surface area contributed by atoms with Crippen LogP contribution in [0.1, 0.15) is 34.8 Å². The molecule has 0 unspecified atom stereocenters. The second-order valence-corrected chi connectivity index (χ2v) is 3.60. The van der Waals surface area contributed by atoms with Crippen molar-refractivity contribution in [2.45, 2.75) is 24.7 Å². The van der Waals surface area contributed by atoms with Gasteiger partial charge < -0.3 is 0 Å². The topological polar surface area (TPSA) is 30.0 Å². The highest BCUT2D eigenvalue weighted by Gasteiger charge is 2.46. The summed E-state index contributed by atoms with van der Waals surface area (Å²) in [6.07, 6.45) is 1.85. The van der Waals surface area contributed by atoms with E-state index in [9.17, 15) is 13.6 Å². The van der Waals surface area contributed by atoms with Crippen molar-refractivity contribution in [3.63, 3.8) is 0 Å². The normalized spacial score (nSPS) is 20.1. The molecule has 0 aromatic carbocycles. The summed E-state index contributed by atoms with van der Waals surface area (Å²) in [7, 11) is 0. The van der Waals surface area contributed by atoms with Crippen molar-refractivity contribution in [1.82, 2.24) is 4.98 Å². The van der Waals surface area contributed by atoms with E-state index in [1.165, 1.54) is 6.20 Å². The zero-order valence-electron chi connectivity index (χ0n) is 7.41. The van der Waals surface area contributed by atoms with Crippen molar-refractivity contribution in [2.24, 2.45) is 0 Å². The van der Waals surface area contributed by atoms with E-state index in [0.717, 1.165) is 0 Å². The van der Waals surface area contributed by atoms with Crippen molar-refractivity contribution in [1.29, 1.82) is 0 Å². The Morgan fingerprint density at radius 2 is 2.14 bits per heavy atom. The molecule has 1 heterocycles. The lowest BCUT2D eigenvalue weighted by molar-refractivity contribution is -0.0876. The van der Waals surface area contributed by atoms with Crippen LogP contribution < -0.4 is 0 Å². The van der Waals surface area contributed by atoms with Gasteiger partial charge in [0.1, 0.15) is 0 Å². The Kier molecular flexibility index (Phi) is 2.06. The Hall–Kier alpha value is -1.32. The molecule has 4 heteroatoms. The summed E-state index contributed by atoms with van der Waals surface area (Å²) >= 11 is 0. The molecule has 0 spiro atoms. The first-order valence-electron chi connectivity index (χ1n) is 4.40. The van der Waals surface area contributed by atoms with E-state index in [4.69, 9.17) is 0 Å². The van der Waals surface area contributed by atoms with E-state index in [-0.39, 0.29) is 18.8 Å². The highest BCUT2D eigenvalue weighted by Crippen LogP contribution is 2.47. The van der Waals surface area contributed by atoms with Crippen LogP contribution in [0, 0.1) is 0 Å². The molecule has 0 radical (unpaired) electrons. The van der Waals surface area contributed by atoms with E-state index >= 15 is 0 Å². The lowest BCUT2D eigenvalue weighted by Gasteiger charge is -2.34. The lowest BCUT2D eigenvalue weighted by Crippen LogP contribution is -2.34. The minimum absolute atomic E-state index is 0.125. The van der Waals surface area contributed by atoms with Gasteiger partial charge in [-0.05, 0) is 12.1 Å². The molecule has 1 fully saturated rings. The number of carbonyl (C=O) groups excluding carboxylic acids is 1. The molecule has 0 saturated heterocycles. The Labute approximate surface area is 80.0 Å². The third-order valence-electron chi connectivity index (χ3n) is 2.45. The number of nitrogens with zero attached hydrogens (tertiary/aromatic N) is 1. The summed E-state index contributed by atoms with van der Waals surface area (Å²) in [6.45, 7) is 0. The molecule has 1 aliphatic rings. The average Bonchev–Trinajstić information content (AvgIpc) is 2.14. The van der Waals surface area contributed by atoms with Crippen LogP contribution in [0.15, 0.2) is 18.3 Å². The Bertz CT molecular complexity index is 340. The van der Waals surface area contributed by atoms with Gasteiger partial charge in [0.2, 0.25) is 5.92 Å². The number of alkyl halides is 2. The third-order valence-corrected chi connectivity index (χ3v) is 2.45. The second kappa shape index (κ2) is 3.12. The molecular weight excluding hydrogens is 188 g/mol. The highest BCUT2D eigenvalue weighted by molar-refractivity contribution is 5.73. The Morgan fingerprint density at radius 3 is 2.57 bits per heavy atom. The number of rotatable bonds is 2. The van der Waals surface area contributed by atoms with Gasteiger partial charge in [-0.25, -0.2) is 8.78 Å². The number of pyridine rings is 1. The first kappa shape index (κ1) is 9.24. The van der Waals surface area contributed by atoms with Crippen molar-refractivity contribution < 1.29 is 13.6 Å². The largest absolute Gasteiger partial charge is 0.298 e. The number of halogens is 2. The van der Waals surface area contributed by atoms with Gasteiger partial charge in [0, 0.05) is 36.2 Å². The first-order valence-corrected chi connectivity index (χ1v) is 4.40. The molecule has 1 aromatic heterocycles. The van der Waals surface area contributed by atoms with Gasteiger partial charge in [-0.2, -0.15) is 0 Å². The molecule has 74 valence electrons. The molecule has 0 amide bonds. The van der Waals surface area contributed by atoms with E-state index in [1.807, 2.05) is 0 Å². The Balaban J connectivity index is 2.08. The van der Waals surface area contributed by atoms with Crippen LogP contribution in [-0.4, -0.2) is 17.2 Å². The van der Waals surface area contributed by atoms with Gasteiger partial charge in [0.15, 0.2) is 6.29 Å². The molecule has 1 aliphatic carbocycles. The fourth-order valence-electron chi connectivity index (χ4n) is 1.60. The highest BCUT2D eigenvalue weighted by atomic mass is 19.3. The maximum absolute atomic E-state index is 12.5. The number of aromatic nitrogens is 1. The maximum atomic E-state index is 12.5. The second-order valence-electron chi connectivity index (χ2n) is 3.60. The number of aldehydes is 1. The van der Waals surface area contributed by atoms with E-state index < -0.39 is 5.92 Å². The fraction of sp³-hybridized carbons (Fsp3) is 0.400. The summed E-state index contributed by atoms with van der Waals surface area (Å²) in [5.74, 6) is -2.67. The molecule has 2 nitrogen and oxygen atoms in total. The molecule has 0 N–H and O–H groups in total. The van der Waals surface area contributed by atoms with Crippen molar-refractivity contribution in [2.75, 3.05) is 0 Å². The van der Waals surface area contributed by atoms with Crippen molar-refractivity contribution >= 4 is 6.29 Å². The maximum Gasteiger partial charge on any atom is 0.249 e. The fourth-order valence-corrected chi connectivity index (χ4v) is 1.60. The van der Waals surface area contributed by atoms with Crippen LogP contribution in [0.3, 0.4) is 0 Å². The monoisotopic (exact) mass is 197 g/mol. The number of carbonyl (C=O) groups is 1. The van der Waals surface area contributed by atoms with Crippen LogP contribution in [0.5, 0.6) is 0 Å². The summed E-state index contributed by atoms with van der Waals surface area (Å²) in [5, 5.41) is 0. The van der Waals surface area contributed by atoms with Crippen molar-refractivity contribution in [3.8, 4) is 0 Å². The van der Waals surface area contributed by atoms with Gasteiger partial charge in [-0.15, -0.1) is 0 Å². The van der Waals surface area contributed by atoms with Gasteiger partial charge in [-0.1, -0.05) is 0 Å².